The van der Waals surface area contributed by atoms with Gasteiger partial charge in [0.1, 0.15) is 6.10 Å². The van der Waals surface area contributed by atoms with Crippen molar-refractivity contribution in [1.82, 2.24) is 0 Å². The topological polar surface area (TPSA) is 78.9 Å². The van der Waals surface area contributed by atoms with Gasteiger partial charge in [0, 0.05) is 32.3 Å². The maximum absolute atomic E-state index is 11.8. The first-order valence-electron chi connectivity index (χ1n) is 11.4. The van der Waals surface area contributed by atoms with E-state index in [-0.39, 0.29) is 23.4 Å². The van der Waals surface area contributed by atoms with Crippen LogP contribution in [-0.4, -0.2) is 29.8 Å². The summed E-state index contributed by atoms with van der Waals surface area (Å²) < 4.78 is 16.8. The fourth-order valence-corrected chi connectivity index (χ4v) is 6.01. The number of hydrogen-bond acceptors (Lipinski definition) is 6. The zero-order chi connectivity index (χ0) is 22.1. The van der Waals surface area contributed by atoms with Crippen molar-refractivity contribution in [2.45, 2.75) is 97.9 Å². The Labute approximate surface area is 179 Å². The molecule has 0 aromatic carbocycles. The van der Waals surface area contributed by atoms with Gasteiger partial charge in [-0.25, -0.2) is 4.79 Å². The molecule has 3 rings (SSSR count). The van der Waals surface area contributed by atoms with Gasteiger partial charge in [-0.3, -0.25) is 9.59 Å². The Hall–Kier alpha value is -1.85. The second kappa shape index (κ2) is 8.72. The molecule has 1 heterocycles. The van der Waals surface area contributed by atoms with E-state index in [1.54, 1.807) is 6.08 Å². The van der Waals surface area contributed by atoms with Crippen LogP contribution in [-0.2, 0) is 28.6 Å². The maximum Gasteiger partial charge on any atom is 0.331 e. The molecule has 2 aliphatic carbocycles. The van der Waals surface area contributed by atoms with Crippen LogP contribution in [0, 0.1) is 23.2 Å². The number of hydrogen-bond donors (Lipinski definition) is 0. The lowest BCUT2D eigenvalue weighted by molar-refractivity contribution is -0.240. The molecule has 0 saturated heterocycles. The smallest absolute Gasteiger partial charge is 0.331 e. The Morgan fingerprint density at radius 3 is 2.40 bits per heavy atom. The lowest BCUT2D eigenvalue weighted by atomic mass is 9.63. The Kier molecular flexibility index (Phi) is 6.63. The predicted molar refractivity (Wildman–Crippen MR) is 111 cm³/mol. The number of rotatable bonds is 7. The average Bonchev–Trinajstić information content (AvgIpc) is 3.13. The van der Waals surface area contributed by atoms with Gasteiger partial charge in [-0.05, 0) is 61.3 Å². The van der Waals surface area contributed by atoms with Gasteiger partial charge in [0.25, 0.3) is 5.79 Å². The van der Waals surface area contributed by atoms with E-state index in [2.05, 4.69) is 20.8 Å². The highest BCUT2D eigenvalue weighted by molar-refractivity contribution is 5.86. The van der Waals surface area contributed by atoms with Crippen LogP contribution < -0.4 is 0 Å². The molecule has 2 fully saturated rings. The molecule has 3 aliphatic rings. The Bertz CT molecular complexity index is 705. The van der Waals surface area contributed by atoms with Crippen molar-refractivity contribution in [1.29, 1.82) is 0 Å². The van der Waals surface area contributed by atoms with Crippen molar-refractivity contribution in [2.75, 3.05) is 0 Å². The highest BCUT2D eigenvalue weighted by atomic mass is 16.7. The molecule has 0 aromatic rings. The van der Waals surface area contributed by atoms with E-state index >= 15 is 0 Å². The number of ether oxygens (including phenoxy) is 3. The first-order chi connectivity index (χ1) is 14.1. The molecule has 0 amide bonds. The summed E-state index contributed by atoms with van der Waals surface area (Å²) in [4.78, 5) is 35.5. The fourth-order valence-electron chi connectivity index (χ4n) is 6.01. The summed E-state index contributed by atoms with van der Waals surface area (Å²) in [7, 11) is 0. The van der Waals surface area contributed by atoms with E-state index in [1.807, 2.05) is 0 Å². The van der Waals surface area contributed by atoms with Crippen molar-refractivity contribution in [2.24, 2.45) is 23.2 Å². The third-order valence-corrected chi connectivity index (χ3v) is 7.26. The Morgan fingerprint density at radius 2 is 1.80 bits per heavy atom. The van der Waals surface area contributed by atoms with E-state index in [4.69, 9.17) is 14.2 Å². The second-order valence-electron chi connectivity index (χ2n) is 10.0. The second-order valence-corrected chi connectivity index (χ2v) is 10.0. The molecule has 0 radical (unpaired) electrons. The van der Waals surface area contributed by atoms with Crippen molar-refractivity contribution in [3.05, 3.63) is 11.6 Å². The van der Waals surface area contributed by atoms with Crippen LogP contribution in [0.15, 0.2) is 11.6 Å². The third kappa shape index (κ3) is 4.73. The normalized spacial score (nSPS) is 31.5. The molecule has 2 saturated carbocycles. The number of carbonyl (C=O) groups excluding carboxylic acids is 3. The van der Waals surface area contributed by atoms with E-state index in [0.29, 0.717) is 18.3 Å². The van der Waals surface area contributed by atoms with Crippen molar-refractivity contribution in [3.8, 4) is 0 Å². The average molecular weight is 421 g/mol. The molecule has 4 atom stereocenters. The molecular formula is C24H36O6. The summed E-state index contributed by atoms with van der Waals surface area (Å²) in [6.45, 7) is 9.38. The van der Waals surface area contributed by atoms with Crippen LogP contribution >= 0.6 is 0 Å². The molecule has 6 nitrogen and oxygen atoms in total. The lowest BCUT2D eigenvalue weighted by Crippen LogP contribution is -2.42. The lowest BCUT2D eigenvalue weighted by Gasteiger charge is -2.42. The standard InChI is InChI=1S/C24H36O6/c1-6-7-18-12-17(14-24(18,29-15(2)25)30-16(3)26)8-9-20-19-13-22(27)28-21(19)10-11-23(20,4)5/h13,17-18,20-21H,6-12,14H2,1-5H3/t17-,18-,20?,21?/m1/s1. The van der Waals surface area contributed by atoms with Crippen LogP contribution in [0.4, 0.5) is 0 Å². The van der Waals surface area contributed by atoms with Gasteiger partial charge in [0.05, 0.1) is 0 Å². The van der Waals surface area contributed by atoms with Crippen molar-refractivity contribution in [3.63, 3.8) is 0 Å². The summed E-state index contributed by atoms with van der Waals surface area (Å²) in [5, 5.41) is 0. The highest BCUT2D eigenvalue weighted by Gasteiger charge is 2.53. The minimum absolute atomic E-state index is 0.0167. The highest BCUT2D eigenvalue weighted by Crippen LogP contribution is 2.52. The summed E-state index contributed by atoms with van der Waals surface area (Å²) in [5.74, 6) is -1.58. The van der Waals surface area contributed by atoms with Gasteiger partial charge >= 0.3 is 17.9 Å². The van der Waals surface area contributed by atoms with E-state index in [9.17, 15) is 14.4 Å². The Balaban J connectivity index is 1.74. The van der Waals surface area contributed by atoms with Gasteiger partial charge in [-0.15, -0.1) is 0 Å². The quantitative estimate of drug-likeness (QED) is 0.439. The minimum Gasteiger partial charge on any atom is -0.455 e. The number of carbonyl (C=O) groups is 3. The van der Waals surface area contributed by atoms with Crippen LogP contribution in [0.1, 0.15) is 86.0 Å². The van der Waals surface area contributed by atoms with Gasteiger partial charge in [0.2, 0.25) is 0 Å². The molecule has 0 aromatic heterocycles. The summed E-state index contributed by atoms with van der Waals surface area (Å²) in [6.07, 6.45) is 8.66. The minimum atomic E-state index is -1.14. The monoisotopic (exact) mass is 420 g/mol. The largest absolute Gasteiger partial charge is 0.455 e. The molecule has 0 N–H and O–H groups in total. The number of esters is 3. The number of fused-ring (bicyclic) bond motifs is 1. The van der Waals surface area contributed by atoms with Gasteiger partial charge < -0.3 is 14.2 Å². The van der Waals surface area contributed by atoms with Gasteiger partial charge in [0.15, 0.2) is 0 Å². The molecule has 0 spiro atoms. The van der Waals surface area contributed by atoms with Crippen LogP contribution in [0.5, 0.6) is 0 Å². The molecule has 168 valence electrons. The molecule has 2 unspecified atom stereocenters. The fraction of sp³-hybridized carbons (Fsp3) is 0.792. The first kappa shape index (κ1) is 22.8. The summed E-state index contributed by atoms with van der Waals surface area (Å²) in [5.41, 5.74) is 1.26. The molecule has 30 heavy (non-hydrogen) atoms. The predicted octanol–water partition coefficient (Wildman–Crippen LogP) is 4.70. The molecule has 0 bridgehead atoms. The third-order valence-electron chi connectivity index (χ3n) is 7.26. The van der Waals surface area contributed by atoms with Crippen LogP contribution in [0.25, 0.3) is 0 Å². The molecule has 1 aliphatic heterocycles. The zero-order valence-corrected chi connectivity index (χ0v) is 19.0. The van der Waals surface area contributed by atoms with Crippen molar-refractivity contribution >= 4 is 17.9 Å². The Morgan fingerprint density at radius 1 is 1.13 bits per heavy atom. The molecular weight excluding hydrogens is 384 g/mol. The SMILES string of the molecule is CCC[C@@H]1C[C@@H](CCC2C3=CC(=O)OC3CCC2(C)C)CC1(OC(C)=O)OC(C)=O. The van der Waals surface area contributed by atoms with E-state index in [1.165, 1.54) is 13.8 Å². The van der Waals surface area contributed by atoms with Crippen LogP contribution in [0.3, 0.4) is 0 Å². The van der Waals surface area contributed by atoms with E-state index < -0.39 is 17.7 Å². The maximum atomic E-state index is 11.8. The van der Waals surface area contributed by atoms with Gasteiger partial charge in [-0.1, -0.05) is 27.2 Å². The van der Waals surface area contributed by atoms with Crippen molar-refractivity contribution < 1.29 is 28.6 Å². The summed E-state index contributed by atoms with van der Waals surface area (Å²) in [6, 6.07) is 0. The van der Waals surface area contributed by atoms with Gasteiger partial charge in [-0.2, -0.15) is 0 Å². The molecule has 6 heteroatoms. The van der Waals surface area contributed by atoms with Crippen LogP contribution in [0.2, 0.25) is 0 Å². The summed E-state index contributed by atoms with van der Waals surface area (Å²) >= 11 is 0. The van der Waals surface area contributed by atoms with E-state index in [0.717, 1.165) is 50.5 Å². The first-order valence-corrected chi connectivity index (χ1v) is 11.4. The zero-order valence-electron chi connectivity index (χ0n) is 19.0.